The van der Waals surface area contributed by atoms with Crippen LogP contribution in [0, 0.1) is 18.7 Å². The number of aryl methyl sites for hydroxylation is 1. The first-order valence-corrected chi connectivity index (χ1v) is 9.87. The predicted molar refractivity (Wildman–Crippen MR) is 108 cm³/mol. The third-order valence-corrected chi connectivity index (χ3v) is 5.01. The van der Waals surface area contributed by atoms with Crippen molar-refractivity contribution >= 4 is 17.5 Å². The smallest absolute Gasteiger partial charge is 0.416 e. The van der Waals surface area contributed by atoms with Crippen LogP contribution in [0.15, 0.2) is 42.5 Å². The molecule has 1 fully saturated rings. The third-order valence-electron chi connectivity index (χ3n) is 5.01. The van der Waals surface area contributed by atoms with Gasteiger partial charge in [0.25, 0.3) is 0 Å². The quantitative estimate of drug-likeness (QED) is 0.631. The van der Waals surface area contributed by atoms with E-state index in [4.69, 9.17) is 4.74 Å². The van der Waals surface area contributed by atoms with Crippen LogP contribution in [0.2, 0.25) is 0 Å². The molecular formula is C22H22F4N2O4. The lowest BCUT2D eigenvalue weighted by Gasteiger charge is -2.18. The molecule has 0 aliphatic carbocycles. The van der Waals surface area contributed by atoms with Crippen LogP contribution in [0.1, 0.15) is 17.5 Å². The van der Waals surface area contributed by atoms with E-state index in [1.807, 2.05) is 0 Å². The first-order chi connectivity index (χ1) is 15.0. The number of halogens is 4. The molecule has 0 aromatic heterocycles. The highest BCUT2D eigenvalue weighted by atomic mass is 19.4. The Morgan fingerprint density at radius 1 is 1.28 bits per heavy atom. The summed E-state index contributed by atoms with van der Waals surface area (Å²) in [6, 6.07) is 8.68. The summed E-state index contributed by atoms with van der Waals surface area (Å²) in [6.07, 6.45) is -5.80. The monoisotopic (exact) mass is 454 g/mol. The Balaban J connectivity index is 1.49. The molecule has 6 nitrogen and oxygen atoms in total. The summed E-state index contributed by atoms with van der Waals surface area (Å²) >= 11 is 0. The lowest BCUT2D eigenvalue weighted by Crippen LogP contribution is -2.39. The maximum Gasteiger partial charge on any atom is 0.416 e. The van der Waals surface area contributed by atoms with Crippen LogP contribution >= 0.6 is 0 Å². The van der Waals surface area contributed by atoms with Gasteiger partial charge in [0.15, 0.2) is 0 Å². The standard InChI is InChI=1S/C22H22F4N2O4/c1-13-5-6-19(18(23)7-13)28-11-14(8-20(28)30)21(31)27-10-16(29)12-32-17-4-2-3-15(9-17)22(24,25)26/h2-7,9,14,16,29H,8,10-12H2,1H3,(H,27,31). The molecule has 32 heavy (non-hydrogen) atoms. The van der Waals surface area contributed by atoms with Gasteiger partial charge < -0.3 is 20.1 Å². The minimum atomic E-state index is -4.51. The van der Waals surface area contributed by atoms with Crippen LogP contribution < -0.4 is 15.0 Å². The maximum absolute atomic E-state index is 14.2. The molecule has 172 valence electrons. The lowest BCUT2D eigenvalue weighted by atomic mass is 10.1. The number of rotatable bonds is 7. The molecule has 0 bridgehead atoms. The predicted octanol–water partition coefficient (Wildman–Crippen LogP) is 3.06. The number of aliphatic hydroxyl groups is 1. The van der Waals surface area contributed by atoms with Crippen molar-refractivity contribution in [1.82, 2.24) is 5.32 Å². The van der Waals surface area contributed by atoms with Crippen LogP contribution in [-0.4, -0.2) is 42.7 Å². The van der Waals surface area contributed by atoms with E-state index in [-0.39, 0.29) is 43.5 Å². The van der Waals surface area contributed by atoms with E-state index in [9.17, 15) is 32.3 Å². The topological polar surface area (TPSA) is 78.9 Å². The first-order valence-electron chi connectivity index (χ1n) is 9.87. The van der Waals surface area contributed by atoms with Gasteiger partial charge >= 0.3 is 6.18 Å². The molecule has 10 heteroatoms. The molecule has 0 spiro atoms. The second kappa shape index (κ2) is 9.56. The van der Waals surface area contributed by atoms with Crippen molar-refractivity contribution in [3.8, 4) is 5.75 Å². The molecule has 2 N–H and O–H groups in total. The number of ether oxygens (including phenoxy) is 1. The summed E-state index contributed by atoms with van der Waals surface area (Å²) in [5.74, 6) is -2.23. The first kappa shape index (κ1) is 23.5. The summed E-state index contributed by atoms with van der Waals surface area (Å²) < 4.78 is 57.5. The highest BCUT2D eigenvalue weighted by Crippen LogP contribution is 2.31. The molecule has 2 unspecified atom stereocenters. The van der Waals surface area contributed by atoms with Crippen LogP contribution in [-0.2, 0) is 15.8 Å². The van der Waals surface area contributed by atoms with Crippen LogP contribution in [0.5, 0.6) is 5.75 Å². The Morgan fingerprint density at radius 2 is 2.03 bits per heavy atom. The number of aliphatic hydroxyl groups excluding tert-OH is 1. The second-order valence-corrected chi connectivity index (χ2v) is 7.60. The van der Waals surface area contributed by atoms with Gasteiger partial charge in [0.1, 0.15) is 24.3 Å². The van der Waals surface area contributed by atoms with Gasteiger partial charge in [-0.05, 0) is 42.8 Å². The van der Waals surface area contributed by atoms with Gasteiger partial charge in [0.2, 0.25) is 11.8 Å². The van der Waals surface area contributed by atoms with Gasteiger partial charge in [-0.3, -0.25) is 9.59 Å². The number of anilines is 1. The Bertz CT molecular complexity index is 996. The minimum absolute atomic E-state index is 0.00147. The van der Waals surface area contributed by atoms with Crippen molar-refractivity contribution in [3.05, 3.63) is 59.4 Å². The number of benzene rings is 2. The number of nitrogens with zero attached hydrogens (tertiary/aromatic N) is 1. The van der Waals surface area contributed by atoms with Crippen molar-refractivity contribution in [2.45, 2.75) is 25.6 Å². The molecule has 1 aliphatic rings. The summed E-state index contributed by atoms with van der Waals surface area (Å²) in [5.41, 5.74) is -0.0720. The lowest BCUT2D eigenvalue weighted by molar-refractivity contribution is -0.137. The van der Waals surface area contributed by atoms with Gasteiger partial charge in [0, 0.05) is 19.5 Å². The van der Waals surface area contributed by atoms with E-state index < -0.39 is 35.5 Å². The highest BCUT2D eigenvalue weighted by molar-refractivity contribution is 6.00. The van der Waals surface area contributed by atoms with Crippen LogP contribution in [0.25, 0.3) is 0 Å². The zero-order chi connectivity index (χ0) is 23.5. The average molecular weight is 454 g/mol. The minimum Gasteiger partial charge on any atom is -0.491 e. The van der Waals surface area contributed by atoms with Crippen molar-refractivity contribution in [1.29, 1.82) is 0 Å². The van der Waals surface area contributed by atoms with Crippen molar-refractivity contribution in [3.63, 3.8) is 0 Å². The Hall–Kier alpha value is -3.14. The van der Waals surface area contributed by atoms with Gasteiger partial charge in [-0.1, -0.05) is 12.1 Å². The summed E-state index contributed by atoms with van der Waals surface area (Å²) in [5, 5.41) is 12.5. The van der Waals surface area contributed by atoms with Gasteiger partial charge in [-0.2, -0.15) is 13.2 Å². The molecule has 0 radical (unpaired) electrons. The molecule has 3 rings (SSSR count). The zero-order valence-electron chi connectivity index (χ0n) is 17.2. The third kappa shape index (κ3) is 5.76. The van der Waals surface area contributed by atoms with E-state index in [1.165, 1.54) is 29.2 Å². The van der Waals surface area contributed by atoms with E-state index in [0.29, 0.717) is 5.56 Å². The second-order valence-electron chi connectivity index (χ2n) is 7.60. The largest absolute Gasteiger partial charge is 0.491 e. The number of amides is 2. The number of carbonyl (C=O) groups is 2. The number of hydrogen-bond acceptors (Lipinski definition) is 4. The normalized spacial score (nSPS) is 17.4. The number of nitrogens with one attached hydrogen (secondary N) is 1. The summed E-state index contributed by atoms with van der Waals surface area (Å²) in [7, 11) is 0. The van der Waals surface area contributed by atoms with E-state index in [0.717, 1.165) is 12.1 Å². The Kier molecular flexibility index (Phi) is 7.02. The van der Waals surface area contributed by atoms with Gasteiger partial charge in [-0.25, -0.2) is 4.39 Å². The molecule has 2 atom stereocenters. The van der Waals surface area contributed by atoms with Crippen LogP contribution in [0.4, 0.5) is 23.2 Å². The number of alkyl halides is 3. The van der Waals surface area contributed by atoms with E-state index >= 15 is 0 Å². The van der Waals surface area contributed by atoms with Gasteiger partial charge in [0.05, 0.1) is 17.2 Å². The molecule has 2 aromatic carbocycles. The highest BCUT2D eigenvalue weighted by Gasteiger charge is 2.36. The Labute approximate surface area is 181 Å². The van der Waals surface area contributed by atoms with E-state index in [1.54, 1.807) is 13.0 Å². The van der Waals surface area contributed by atoms with Gasteiger partial charge in [-0.15, -0.1) is 0 Å². The zero-order valence-corrected chi connectivity index (χ0v) is 17.2. The van der Waals surface area contributed by atoms with Crippen molar-refractivity contribution < 1.29 is 37.0 Å². The summed E-state index contributed by atoms with van der Waals surface area (Å²) in [6.45, 7) is 1.16. The van der Waals surface area contributed by atoms with E-state index in [2.05, 4.69) is 5.32 Å². The fraction of sp³-hybridized carbons (Fsp3) is 0.364. The SMILES string of the molecule is Cc1ccc(N2CC(C(=O)NCC(O)COc3cccc(C(F)(F)F)c3)CC2=O)c(F)c1. The maximum atomic E-state index is 14.2. The van der Waals surface area contributed by atoms with Crippen molar-refractivity contribution in [2.24, 2.45) is 5.92 Å². The average Bonchev–Trinajstić information content (AvgIpc) is 3.11. The van der Waals surface area contributed by atoms with Crippen molar-refractivity contribution in [2.75, 3.05) is 24.6 Å². The molecule has 2 amide bonds. The molecule has 0 saturated carbocycles. The summed E-state index contributed by atoms with van der Waals surface area (Å²) in [4.78, 5) is 25.8. The molecular weight excluding hydrogens is 432 g/mol. The molecule has 2 aromatic rings. The molecule has 1 aliphatic heterocycles. The number of hydrogen-bond donors (Lipinski definition) is 2. The molecule has 1 saturated heterocycles. The fourth-order valence-electron chi connectivity index (χ4n) is 3.32. The number of carbonyl (C=O) groups excluding carboxylic acids is 2. The molecule has 1 heterocycles. The van der Waals surface area contributed by atoms with Crippen LogP contribution in [0.3, 0.4) is 0 Å². The fourth-order valence-corrected chi connectivity index (χ4v) is 3.32. The Morgan fingerprint density at radius 3 is 2.72 bits per heavy atom.